The van der Waals surface area contributed by atoms with E-state index in [1.54, 1.807) is 42.6 Å². The number of halogens is 3. The molecule has 0 aliphatic heterocycles. The van der Waals surface area contributed by atoms with E-state index in [4.69, 9.17) is 4.74 Å². The Bertz CT molecular complexity index is 1300. The minimum atomic E-state index is -2.70. The number of hydrogen-bond acceptors (Lipinski definition) is 3. The molecule has 1 N–H and O–H groups in total. The number of pyridine rings is 1. The number of ether oxygens (including phenoxy) is 1. The van der Waals surface area contributed by atoms with E-state index in [0.717, 1.165) is 5.56 Å². The molecule has 30 heavy (non-hydrogen) atoms. The van der Waals surface area contributed by atoms with Crippen molar-refractivity contribution in [2.75, 3.05) is 0 Å². The molecule has 1 unspecified atom stereocenters. The minimum absolute atomic E-state index is 0.196. The molecule has 1 aliphatic rings. The standard InChI is InChI=1S/C22H16F3N3O2/c23-14-3-1-13(2-4-14)12-30-16-7-8-28(20(29)10-16)15-5-6-18-19(9-15)27-21(26-18)17-11-22(17,24)25/h1-10,17H,11-12H2,(H,26,27). The molecule has 0 amide bonds. The molecule has 8 heteroatoms. The molecule has 2 heterocycles. The molecule has 1 fully saturated rings. The van der Waals surface area contributed by atoms with Crippen LogP contribution in [0.15, 0.2) is 65.6 Å². The third-order valence-electron chi connectivity index (χ3n) is 5.13. The van der Waals surface area contributed by atoms with Crippen LogP contribution in [-0.4, -0.2) is 20.5 Å². The van der Waals surface area contributed by atoms with Gasteiger partial charge in [0.25, 0.3) is 11.5 Å². The topological polar surface area (TPSA) is 59.9 Å². The molecule has 0 saturated heterocycles. The predicted molar refractivity (Wildman–Crippen MR) is 105 cm³/mol. The van der Waals surface area contributed by atoms with Gasteiger partial charge in [-0.3, -0.25) is 9.36 Å². The SMILES string of the molecule is O=c1cc(OCc2ccc(F)cc2)ccn1-c1ccc2nc(C3CC3(F)F)[nH]c2c1. The number of aromatic nitrogens is 3. The van der Waals surface area contributed by atoms with Gasteiger partial charge in [-0.15, -0.1) is 0 Å². The second-order valence-corrected chi connectivity index (χ2v) is 7.33. The van der Waals surface area contributed by atoms with Crippen LogP contribution in [0.25, 0.3) is 16.7 Å². The summed E-state index contributed by atoms with van der Waals surface area (Å²) >= 11 is 0. The second kappa shape index (κ2) is 6.76. The summed E-state index contributed by atoms with van der Waals surface area (Å²) in [5.41, 5.74) is 2.22. The maximum atomic E-state index is 13.3. The van der Waals surface area contributed by atoms with Crippen molar-refractivity contribution < 1.29 is 17.9 Å². The Balaban J connectivity index is 1.36. The van der Waals surface area contributed by atoms with E-state index < -0.39 is 11.8 Å². The van der Waals surface area contributed by atoms with Crippen LogP contribution in [-0.2, 0) is 6.61 Å². The first-order chi connectivity index (χ1) is 14.4. The Morgan fingerprint density at radius 2 is 1.90 bits per heavy atom. The van der Waals surface area contributed by atoms with Gasteiger partial charge in [0, 0.05) is 18.7 Å². The van der Waals surface area contributed by atoms with Crippen LogP contribution in [0.5, 0.6) is 5.75 Å². The van der Waals surface area contributed by atoms with Crippen LogP contribution in [0.3, 0.4) is 0 Å². The van der Waals surface area contributed by atoms with Gasteiger partial charge in [-0.25, -0.2) is 18.2 Å². The first-order valence-electron chi connectivity index (χ1n) is 9.37. The third-order valence-corrected chi connectivity index (χ3v) is 5.13. The Kier molecular flexibility index (Phi) is 4.16. The number of imidazole rings is 1. The Morgan fingerprint density at radius 1 is 1.13 bits per heavy atom. The number of nitrogens with zero attached hydrogens (tertiary/aromatic N) is 2. The first-order valence-corrected chi connectivity index (χ1v) is 9.37. The zero-order valence-corrected chi connectivity index (χ0v) is 15.6. The number of nitrogens with one attached hydrogen (secondary N) is 1. The molecular formula is C22H16F3N3O2. The lowest BCUT2D eigenvalue weighted by Gasteiger charge is -2.09. The average molecular weight is 411 g/mol. The van der Waals surface area contributed by atoms with Crippen molar-refractivity contribution in [3.63, 3.8) is 0 Å². The fourth-order valence-corrected chi connectivity index (χ4v) is 3.35. The quantitative estimate of drug-likeness (QED) is 0.524. The molecule has 5 rings (SSSR count). The van der Waals surface area contributed by atoms with Crippen molar-refractivity contribution in [1.29, 1.82) is 0 Å². The number of fused-ring (bicyclic) bond motifs is 1. The maximum Gasteiger partial charge on any atom is 0.259 e. The summed E-state index contributed by atoms with van der Waals surface area (Å²) in [6.45, 7) is 0.207. The van der Waals surface area contributed by atoms with Gasteiger partial charge in [-0.2, -0.15) is 0 Å². The average Bonchev–Trinajstić information content (AvgIpc) is 3.17. The lowest BCUT2D eigenvalue weighted by Crippen LogP contribution is -2.16. The number of benzene rings is 2. The fraction of sp³-hybridized carbons (Fsp3) is 0.182. The molecule has 0 bridgehead atoms. The van der Waals surface area contributed by atoms with Gasteiger partial charge in [0.15, 0.2) is 0 Å². The summed E-state index contributed by atoms with van der Waals surface area (Å²) in [5.74, 6) is -3.23. The molecule has 1 atom stereocenters. The molecule has 2 aromatic carbocycles. The summed E-state index contributed by atoms with van der Waals surface area (Å²) in [4.78, 5) is 19.7. The summed E-state index contributed by atoms with van der Waals surface area (Å²) in [5, 5.41) is 0. The maximum absolute atomic E-state index is 13.3. The van der Waals surface area contributed by atoms with Gasteiger partial charge in [-0.05, 0) is 42.0 Å². The molecular weight excluding hydrogens is 395 g/mol. The highest BCUT2D eigenvalue weighted by molar-refractivity contribution is 5.78. The number of alkyl halides is 2. The van der Waals surface area contributed by atoms with E-state index in [-0.39, 0.29) is 30.2 Å². The molecule has 0 radical (unpaired) electrons. The number of hydrogen-bond donors (Lipinski definition) is 1. The van der Waals surface area contributed by atoms with E-state index in [2.05, 4.69) is 9.97 Å². The van der Waals surface area contributed by atoms with Gasteiger partial charge in [0.1, 0.15) is 24.0 Å². The van der Waals surface area contributed by atoms with E-state index in [1.165, 1.54) is 22.8 Å². The van der Waals surface area contributed by atoms with E-state index in [0.29, 0.717) is 22.5 Å². The lowest BCUT2D eigenvalue weighted by molar-refractivity contribution is 0.111. The van der Waals surface area contributed by atoms with Crippen molar-refractivity contribution in [3.05, 3.63) is 88.4 Å². The number of aromatic amines is 1. The van der Waals surface area contributed by atoms with Crippen molar-refractivity contribution in [1.82, 2.24) is 14.5 Å². The summed E-state index contributed by atoms with van der Waals surface area (Å²) in [6.07, 6.45) is 1.38. The molecule has 152 valence electrons. The molecule has 0 spiro atoms. The number of rotatable bonds is 5. The van der Waals surface area contributed by atoms with Gasteiger partial charge >= 0.3 is 0 Å². The lowest BCUT2D eigenvalue weighted by atomic mass is 10.2. The van der Waals surface area contributed by atoms with Crippen molar-refractivity contribution in [2.24, 2.45) is 0 Å². The van der Waals surface area contributed by atoms with E-state index in [1.807, 2.05) is 0 Å². The Hall–Kier alpha value is -3.55. The van der Waals surface area contributed by atoms with Gasteiger partial charge in [0.2, 0.25) is 0 Å². The first kappa shape index (κ1) is 18.5. The normalized spacial score (nSPS) is 17.2. The molecule has 5 nitrogen and oxygen atoms in total. The highest BCUT2D eigenvalue weighted by Gasteiger charge is 2.59. The zero-order valence-electron chi connectivity index (χ0n) is 15.6. The van der Waals surface area contributed by atoms with Crippen LogP contribution < -0.4 is 10.3 Å². The monoisotopic (exact) mass is 411 g/mol. The van der Waals surface area contributed by atoms with Gasteiger partial charge in [0.05, 0.1) is 22.6 Å². The van der Waals surface area contributed by atoms with Crippen molar-refractivity contribution in [3.8, 4) is 11.4 Å². The van der Waals surface area contributed by atoms with Crippen LogP contribution in [0.2, 0.25) is 0 Å². The van der Waals surface area contributed by atoms with E-state index in [9.17, 15) is 18.0 Å². The zero-order chi connectivity index (χ0) is 20.9. The highest BCUT2D eigenvalue weighted by atomic mass is 19.3. The summed E-state index contributed by atoms with van der Waals surface area (Å²) < 4.78 is 46.6. The smallest absolute Gasteiger partial charge is 0.259 e. The van der Waals surface area contributed by atoms with Crippen LogP contribution in [0.4, 0.5) is 13.2 Å². The van der Waals surface area contributed by atoms with Gasteiger partial charge < -0.3 is 9.72 Å². The third kappa shape index (κ3) is 3.45. The Morgan fingerprint density at radius 3 is 2.60 bits per heavy atom. The Labute approximate surface area is 168 Å². The summed E-state index contributed by atoms with van der Waals surface area (Å²) in [7, 11) is 0. The number of H-pyrrole nitrogens is 1. The second-order valence-electron chi connectivity index (χ2n) is 7.33. The molecule has 4 aromatic rings. The molecule has 1 aliphatic carbocycles. The molecule has 1 saturated carbocycles. The molecule has 2 aromatic heterocycles. The minimum Gasteiger partial charge on any atom is -0.489 e. The van der Waals surface area contributed by atoms with Crippen LogP contribution in [0.1, 0.15) is 23.7 Å². The highest BCUT2D eigenvalue weighted by Crippen LogP contribution is 2.54. The largest absolute Gasteiger partial charge is 0.489 e. The van der Waals surface area contributed by atoms with Crippen LogP contribution >= 0.6 is 0 Å². The summed E-state index contributed by atoms with van der Waals surface area (Å²) in [6, 6.07) is 14.0. The van der Waals surface area contributed by atoms with E-state index >= 15 is 0 Å². The fourth-order valence-electron chi connectivity index (χ4n) is 3.35. The predicted octanol–water partition coefficient (Wildman–Crippen LogP) is 4.55. The van der Waals surface area contributed by atoms with Gasteiger partial charge in [-0.1, -0.05) is 12.1 Å². The van der Waals surface area contributed by atoms with Crippen LogP contribution in [0, 0.1) is 5.82 Å². The van der Waals surface area contributed by atoms with Crippen molar-refractivity contribution >= 4 is 11.0 Å². The van der Waals surface area contributed by atoms with Crippen molar-refractivity contribution in [2.45, 2.75) is 24.9 Å².